The minimum atomic E-state index is 0.757. The van der Waals surface area contributed by atoms with E-state index in [9.17, 15) is 0 Å². The summed E-state index contributed by atoms with van der Waals surface area (Å²) in [6.45, 7) is 0. The summed E-state index contributed by atoms with van der Waals surface area (Å²) in [5.74, 6) is 0. The van der Waals surface area contributed by atoms with Crippen LogP contribution in [0.4, 0.5) is 0 Å². The van der Waals surface area contributed by atoms with E-state index in [4.69, 9.17) is 23.2 Å². The third-order valence-corrected chi connectivity index (χ3v) is 4.39. The molecule has 0 saturated carbocycles. The molecule has 2 aromatic carbocycles. The topological polar surface area (TPSA) is 0 Å². The molecule has 0 bridgehead atoms. The highest BCUT2D eigenvalue weighted by atomic mass is 35.5. The number of thiophene rings is 1. The molecule has 0 atom stereocenters. The van der Waals surface area contributed by atoms with Crippen molar-refractivity contribution < 1.29 is 0 Å². The molecule has 0 spiro atoms. The van der Waals surface area contributed by atoms with Crippen LogP contribution in [0.1, 0.15) is 0 Å². The van der Waals surface area contributed by atoms with Crippen molar-refractivity contribution in [3.63, 3.8) is 0 Å². The molecule has 0 nitrogen and oxygen atoms in total. The predicted octanol–water partition coefficient (Wildman–Crippen LogP) is 6.39. The second-order valence-corrected chi connectivity index (χ2v) is 5.97. The average Bonchev–Trinajstić information content (AvgIpc) is 2.90. The zero-order valence-electron chi connectivity index (χ0n) is 9.94. The lowest BCUT2D eigenvalue weighted by molar-refractivity contribution is 1.65. The smallest absolute Gasteiger partial charge is 0.0421 e. The first-order chi connectivity index (χ1) is 9.24. The normalized spacial score (nSPS) is 10.6. The van der Waals surface area contributed by atoms with E-state index in [0.29, 0.717) is 0 Å². The third-order valence-electron chi connectivity index (χ3n) is 2.93. The molecule has 0 saturated heterocycles. The molecule has 3 heteroatoms. The Balaban J connectivity index is 2.07. The van der Waals surface area contributed by atoms with E-state index in [1.54, 1.807) is 11.3 Å². The van der Waals surface area contributed by atoms with Gasteiger partial charge in [-0.15, -0.1) is 11.3 Å². The standard InChI is InChI=1S/C16H10Cl2S/c17-13-5-1-11(2-6-13)15-9-10-19-16(15)12-3-7-14(18)8-4-12/h1-10H. The number of halogens is 2. The van der Waals surface area contributed by atoms with E-state index < -0.39 is 0 Å². The molecular formula is C16H10Cl2S. The summed E-state index contributed by atoms with van der Waals surface area (Å²) < 4.78 is 0. The van der Waals surface area contributed by atoms with Gasteiger partial charge in [0.25, 0.3) is 0 Å². The van der Waals surface area contributed by atoms with Crippen molar-refractivity contribution in [2.45, 2.75) is 0 Å². The van der Waals surface area contributed by atoms with Gasteiger partial charge in [-0.1, -0.05) is 47.5 Å². The molecule has 3 aromatic rings. The summed E-state index contributed by atoms with van der Waals surface area (Å²) in [4.78, 5) is 1.25. The van der Waals surface area contributed by atoms with Gasteiger partial charge in [-0.25, -0.2) is 0 Å². The summed E-state index contributed by atoms with van der Waals surface area (Å²) in [5.41, 5.74) is 3.59. The van der Waals surface area contributed by atoms with Crippen LogP contribution in [0.3, 0.4) is 0 Å². The van der Waals surface area contributed by atoms with Crippen LogP contribution in [0, 0.1) is 0 Å². The molecule has 0 radical (unpaired) electrons. The maximum absolute atomic E-state index is 5.94. The van der Waals surface area contributed by atoms with Crippen LogP contribution < -0.4 is 0 Å². The van der Waals surface area contributed by atoms with Gasteiger partial charge in [0.05, 0.1) is 0 Å². The largest absolute Gasteiger partial charge is 0.143 e. The maximum Gasteiger partial charge on any atom is 0.0421 e. The summed E-state index contributed by atoms with van der Waals surface area (Å²) in [5, 5.41) is 3.62. The zero-order valence-corrected chi connectivity index (χ0v) is 12.3. The van der Waals surface area contributed by atoms with Gasteiger partial charge in [0.2, 0.25) is 0 Å². The Labute approximate surface area is 126 Å². The molecule has 1 heterocycles. The summed E-state index contributed by atoms with van der Waals surface area (Å²) in [6, 6.07) is 18.0. The Morgan fingerprint density at radius 1 is 0.632 bits per heavy atom. The highest BCUT2D eigenvalue weighted by molar-refractivity contribution is 7.14. The highest BCUT2D eigenvalue weighted by Gasteiger charge is 2.08. The second-order valence-electron chi connectivity index (χ2n) is 4.18. The first-order valence-corrected chi connectivity index (χ1v) is 7.47. The molecule has 0 aliphatic heterocycles. The first-order valence-electron chi connectivity index (χ1n) is 5.83. The molecule has 0 N–H and O–H groups in total. The zero-order chi connectivity index (χ0) is 13.2. The van der Waals surface area contributed by atoms with Gasteiger partial charge < -0.3 is 0 Å². The van der Waals surface area contributed by atoms with Crippen LogP contribution in [0.2, 0.25) is 10.0 Å². The van der Waals surface area contributed by atoms with Crippen molar-refractivity contribution in [3.05, 3.63) is 70.0 Å². The Kier molecular flexibility index (Phi) is 3.61. The van der Waals surface area contributed by atoms with E-state index in [1.807, 2.05) is 48.5 Å². The van der Waals surface area contributed by atoms with E-state index in [0.717, 1.165) is 10.0 Å². The minimum absolute atomic E-state index is 0.757. The van der Waals surface area contributed by atoms with Gasteiger partial charge in [-0.05, 0) is 46.8 Å². The van der Waals surface area contributed by atoms with Gasteiger partial charge >= 0.3 is 0 Å². The molecule has 0 aliphatic rings. The van der Waals surface area contributed by atoms with Crippen molar-refractivity contribution in [1.29, 1.82) is 0 Å². The first kappa shape index (κ1) is 12.7. The van der Waals surface area contributed by atoms with Crippen LogP contribution in [0.15, 0.2) is 60.0 Å². The number of rotatable bonds is 2. The Morgan fingerprint density at radius 3 is 1.74 bits per heavy atom. The lowest BCUT2D eigenvalue weighted by Crippen LogP contribution is -1.79. The maximum atomic E-state index is 5.94. The average molecular weight is 305 g/mol. The lowest BCUT2D eigenvalue weighted by atomic mass is 10.0. The quantitative estimate of drug-likeness (QED) is 0.514. The molecule has 0 fully saturated rings. The van der Waals surface area contributed by atoms with Gasteiger partial charge in [-0.2, -0.15) is 0 Å². The Bertz CT molecular complexity index is 622. The van der Waals surface area contributed by atoms with Crippen molar-refractivity contribution in [3.8, 4) is 21.6 Å². The molecule has 19 heavy (non-hydrogen) atoms. The SMILES string of the molecule is Clc1ccc(-c2ccsc2-c2ccc(Cl)cc2)cc1. The predicted molar refractivity (Wildman–Crippen MR) is 85.2 cm³/mol. The molecule has 3 rings (SSSR count). The fraction of sp³-hybridized carbons (Fsp3) is 0. The molecule has 1 aromatic heterocycles. The van der Waals surface area contributed by atoms with Crippen molar-refractivity contribution in [2.24, 2.45) is 0 Å². The fourth-order valence-electron chi connectivity index (χ4n) is 1.99. The number of hydrogen-bond acceptors (Lipinski definition) is 1. The monoisotopic (exact) mass is 304 g/mol. The summed E-state index contributed by atoms with van der Waals surface area (Å²) in [7, 11) is 0. The number of benzene rings is 2. The van der Waals surface area contributed by atoms with Crippen molar-refractivity contribution in [1.82, 2.24) is 0 Å². The van der Waals surface area contributed by atoms with Crippen LogP contribution in [-0.2, 0) is 0 Å². The van der Waals surface area contributed by atoms with Gasteiger partial charge in [0.15, 0.2) is 0 Å². The van der Waals surface area contributed by atoms with E-state index >= 15 is 0 Å². The minimum Gasteiger partial charge on any atom is -0.143 e. The van der Waals surface area contributed by atoms with Crippen LogP contribution in [-0.4, -0.2) is 0 Å². The van der Waals surface area contributed by atoms with E-state index in [-0.39, 0.29) is 0 Å². The molecular weight excluding hydrogens is 295 g/mol. The van der Waals surface area contributed by atoms with E-state index in [1.165, 1.54) is 21.6 Å². The summed E-state index contributed by atoms with van der Waals surface area (Å²) >= 11 is 13.6. The van der Waals surface area contributed by atoms with Crippen LogP contribution >= 0.6 is 34.5 Å². The van der Waals surface area contributed by atoms with Crippen molar-refractivity contribution >= 4 is 34.5 Å². The molecule has 0 aliphatic carbocycles. The van der Waals surface area contributed by atoms with Crippen molar-refractivity contribution in [2.75, 3.05) is 0 Å². The fourth-order valence-corrected chi connectivity index (χ4v) is 3.17. The van der Waals surface area contributed by atoms with E-state index in [2.05, 4.69) is 11.4 Å². The molecule has 94 valence electrons. The highest BCUT2D eigenvalue weighted by Crippen LogP contribution is 2.37. The lowest BCUT2D eigenvalue weighted by Gasteiger charge is -2.05. The third kappa shape index (κ3) is 2.69. The summed E-state index contributed by atoms with van der Waals surface area (Å²) in [6.07, 6.45) is 0. The molecule has 0 amide bonds. The van der Waals surface area contributed by atoms with Crippen LogP contribution in [0.25, 0.3) is 21.6 Å². The van der Waals surface area contributed by atoms with Gasteiger partial charge in [-0.3, -0.25) is 0 Å². The van der Waals surface area contributed by atoms with Crippen LogP contribution in [0.5, 0.6) is 0 Å². The Hall–Kier alpha value is -1.28. The van der Waals surface area contributed by atoms with Gasteiger partial charge in [0.1, 0.15) is 0 Å². The second kappa shape index (κ2) is 5.38. The Morgan fingerprint density at radius 2 is 1.16 bits per heavy atom. The number of hydrogen-bond donors (Lipinski definition) is 0. The van der Waals surface area contributed by atoms with Gasteiger partial charge in [0, 0.05) is 20.5 Å². The molecule has 0 unspecified atom stereocenters.